The second-order valence-corrected chi connectivity index (χ2v) is 8.27. The van der Waals surface area contributed by atoms with Gasteiger partial charge in [0.1, 0.15) is 5.82 Å². The Morgan fingerprint density at radius 1 is 1.29 bits per heavy atom. The van der Waals surface area contributed by atoms with Crippen LogP contribution in [-0.2, 0) is 9.59 Å². The highest BCUT2D eigenvalue weighted by Crippen LogP contribution is 2.43. The van der Waals surface area contributed by atoms with Crippen LogP contribution in [0.2, 0.25) is 0 Å². The number of carboxylic acids is 1. The number of aliphatic carboxylic acids is 1. The molecule has 152 valence electrons. The van der Waals surface area contributed by atoms with Crippen molar-refractivity contribution in [2.24, 2.45) is 11.8 Å². The maximum Gasteiger partial charge on any atom is 0.309 e. The van der Waals surface area contributed by atoms with Gasteiger partial charge >= 0.3 is 5.97 Å². The average molecular weight is 390 g/mol. The number of carbonyl (C=O) groups excluding carboxylic acids is 1. The molecule has 3 heterocycles. The van der Waals surface area contributed by atoms with Crippen molar-refractivity contribution in [3.63, 3.8) is 0 Å². The van der Waals surface area contributed by atoms with Gasteiger partial charge in [-0.15, -0.1) is 0 Å². The molecule has 0 aliphatic carbocycles. The van der Waals surface area contributed by atoms with E-state index in [1.54, 1.807) is 11.9 Å². The monoisotopic (exact) mass is 390 g/mol. The molecule has 1 amide bonds. The molecule has 3 unspecified atom stereocenters. The van der Waals surface area contributed by atoms with Crippen LogP contribution in [-0.4, -0.2) is 65.5 Å². The molecule has 3 N–H and O–H groups in total. The van der Waals surface area contributed by atoms with Crippen LogP contribution in [0, 0.1) is 17.7 Å². The Hall–Kier alpha value is -2.03. The van der Waals surface area contributed by atoms with E-state index in [4.69, 9.17) is 0 Å². The number of benzene rings is 1. The van der Waals surface area contributed by atoms with Gasteiger partial charge in [0.05, 0.1) is 17.5 Å². The van der Waals surface area contributed by atoms with Crippen molar-refractivity contribution in [1.29, 1.82) is 0 Å². The zero-order valence-corrected chi connectivity index (χ0v) is 16.0. The molecule has 3 saturated heterocycles. The first-order valence-electron chi connectivity index (χ1n) is 9.86. The molecule has 3 aliphatic heterocycles. The van der Waals surface area contributed by atoms with Crippen molar-refractivity contribution in [2.75, 3.05) is 33.2 Å². The molecule has 3 atom stereocenters. The molecule has 1 aromatic carbocycles. The minimum absolute atomic E-state index is 0.0681. The van der Waals surface area contributed by atoms with E-state index in [-0.39, 0.29) is 24.2 Å². The molecule has 1 aromatic rings. The summed E-state index contributed by atoms with van der Waals surface area (Å²) in [7, 11) is 1.75. The molecule has 1 spiro atoms. The summed E-state index contributed by atoms with van der Waals surface area (Å²) in [6.45, 7) is 3.23. The summed E-state index contributed by atoms with van der Waals surface area (Å²) in [6.07, 6.45) is 1.47. The van der Waals surface area contributed by atoms with E-state index in [1.165, 1.54) is 12.1 Å². The standard InChI is InChI=1S/C20H27FN4O3/c1-24-17(26)10-16(19(27)28)20(24)6-8-25(9-7-20)12-14-11-22-23-18(14)13-2-4-15(21)5-3-13/h2-5,14,16,18,22-23H,6-12H2,1H3,(H,27,28). The maximum atomic E-state index is 13.2. The highest BCUT2D eigenvalue weighted by atomic mass is 19.1. The number of nitrogens with zero attached hydrogens (tertiary/aromatic N) is 2. The molecule has 3 aliphatic rings. The van der Waals surface area contributed by atoms with Crippen LogP contribution in [0.1, 0.15) is 30.9 Å². The van der Waals surface area contributed by atoms with Gasteiger partial charge in [0, 0.05) is 45.6 Å². The Morgan fingerprint density at radius 3 is 2.61 bits per heavy atom. The lowest BCUT2D eigenvalue weighted by molar-refractivity contribution is -0.146. The smallest absolute Gasteiger partial charge is 0.309 e. The van der Waals surface area contributed by atoms with E-state index in [2.05, 4.69) is 15.8 Å². The fourth-order valence-electron chi connectivity index (χ4n) is 5.17. The molecule has 0 aromatic heterocycles. The van der Waals surface area contributed by atoms with Crippen molar-refractivity contribution in [1.82, 2.24) is 20.7 Å². The fraction of sp³-hybridized carbons (Fsp3) is 0.600. The maximum absolute atomic E-state index is 13.2. The normalized spacial score (nSPS) is 30.3. The highest BCUT2D eigenvalue weighted by molar-refractivity contribution is 5.88. The van der Waals surface area contributed by atoms with Gasteiger partial charge in [0.25, 0.3) is 0 Å². The number of hydrogen-bond acceptors (Lipinski definition) is 5. The van der Waals surface area contributed by atoms with Gasteiger partial charge in [0.15, 0.2) is 0 Å². The van der Waals surface area contributed by atoms with Gasteiger partial charge in [-0.3, -0.25) is 15.0 Å². The van der Waals surface area contributed by atoms with Gasteiger partial charge in [-0.05, 0) is 30.5 Å². The summed E-state index contributed by atoms with van der Waals surface area (Å²) in [4.78, 5) is 27.9. The summed E-state index contributed by atoms with van der Waals surface area (Å²) in [5.74, 6) is -1.46. The van der Waals surface area contributed by atoms with E-state index in [0.717, 1.165) is 31.7 Å². The third-order valence-electron chi connectivity index (χ3n) is 6.90. The molecule has 0 saturated carbocycles. The van der Waals surface area contributed by atoms with E-state index in [1.807, 2.05) is 12.1 Å². The quantitative estimate of drug-likeness (QED) is 0.711. The first-order chi connectivity index (χ1) is 13.4. The van der Waals surface area contributed by atoms with Gasteiger partial charge < -0.3 is 14.9 Å². The van der Waals surface area contributed by atoms with Crippen molar-refractivity contribution in [3.8, 4) is 0 Å². The van der Waals surface area contributed by atoms with Gasteiger partial charge in [-0.2, -0.15) is 0 Å². The molecule has 3 fully saturated rings. The van der Waals surface area contributed by atoms with E-state index >= 15 is 0 Å². The zero-order chi connectivity index (χ0) is 19.9. The molecule has 8 heteroatoms. The Morgan fingerprint density at radius 2 is 1.96 bits per heavy atom. The van der Waals surface area contributed by atoms with Crippen LogP contribution in [0.3, 0.4) is 0 Å². The third-order valence-corrected chi connectivity index (χ3v) is 6.90. The van der Waals surface area contributed by atoms with E-state index in [9.17, 15) is 19.1 Å². The van der Waals surface area contributed by atoms with Crippen LogP contribution in [0.4, 0.5) is 4.39 Å². The topological polar surface area (TPSA) is 84.9 Å². The van der Waals surface area contributed by atoms with Crippen LogP contribution < -0.4 is 10.9 Å². The molecule has 0 radical (unpaired) electrons. The lowest BCUT2D eigenvalue weighted by atomic mass is 9.76. The second kappa shape index (κ2) is 7.42. The number of likely N-dealkylation sites (tertiary alicyclic amines) is 2. The van der Waals surface area contributed by atoms with Crippen LogP contribution >= 0.6 is 0 Å². The van der Waals surface area contributed by atoms with Gasteiger partial charge in [-0.1, -0.05) is 12.1 Å². The first-order valence-corrected chi connectivity index (χ1v) is 9.86. The SMILES string of the molecule is CN1C(=O)CC(C(=O)O)C12CCN(CC1CNNC1c1ccc(F)cc1)CC2. The number of hydrazine groups is 1. The number of piperidine rings is 1. The van der Waals surface area contributed by atoms with Gasteiger partial charge in [-0.25, -0.2) is 9.82 Å². The largest absolute Gasteiger partial charge is 0.481 e. The molecule has 4 rings (SSSR count). The van der Waals surface area contributed by atoms with Crippen LogP contribution in [0.25, 0.3) is 0 Å². The van der Waals surface area contributed by atoms with Crippen molar-refractivity contribution in [3.05, 3.63) is 35.6 Å². The predicted octanol–water partition coefficient (Wildman–Crippen LogP) is 0.988. The number of rotatable bonds is 4. The minimum atomic E-state index is -0.869. The first kappa shape index (κ1) is 19.3. The Kier molecular flexibility index (Phi) is 5.11. The number of hydrogen-bond donors (Lipinski definition) is 3. The van der Waals surface area contributed by atoms with Gasteiger partial charge in [0.2, 0.25) is 5.91 Å². The summed E-state index contributed by atoms with van der Waals surface area (Å²) in [5.41, 5.74) is 6.99. The van der Waals surface area contributed by atoms with E-state index in [0.29, 0.717) is 18.8 Å². The number of nitrogens with one attached hydrogen (secondary N) is 2. The summed E-state index contributed by atoms with van der Waals surface area (Å²) < 4.78 is 13.2. The van der Waals surface area contributed by atoms with Crippen LogP contribution in [0.5, 0.6) is 0 Å². The van der Waals surface area contributed by atoms with Crippen molar-refractivity contribution in [2.45, 2.75) is 30.8 Å². The summed E-state index contributed by atoms with van der Waals surface area (Å²) in [5, 5.41) is 9.61. The number of carbonyl (C=O) groups is 2. The molecule has 7 nitrogen and oxygen atoms in total. The predicted molar refractivity (Wildman–Crippen MR) is 101 cm³/mol. The average Bonchev–Trinajstić information content (AvgIpc) is 3.23. The van der Waals surface area contributed by atoms with Crippen LogP contribution in [0.15, 0.2) is 24.3 Å². The zero-order valence-electron chi connectivity index (χ0n) is 16.0. The Balaban J connectivity index is 1.41. The van der Waals surface area contributed by atoms with E-state index < -0.39 is 17.4 Å². The summed E-state index contributed by atoms with van der Waals surface area (Å²) >= 11 is 0. The Labute approximate surface area is 163 Å². The number of amides is 1. The minimum Gasteiger partial charge on any atom is -0.481 e. The van der Waals surface area contributed by atoms with Crippen molar-refractivity contribution < 1.29 is 19.1 Å². The molecule has 28 heavy (non-hydrogen) atoms. The fourth-order valence-corrected chi connectivity index (χ4v) is 5.17. The highest BCUT2D eigenvalue weighted by Gasteiger charge is 2.55. The lowest BCUT2D eigenvalue weighted by Gasteiger charge is -2.46. The molecular formula is C20H27FN4O3. The second-order valence-electron chi connectivity index (χ2n) is 8.27. The molecule has 0 bridgehead atoms. The van der Waals surface area contributed by atoms with Crippen molar-refractivity contribution >= 4 is 11.9 Å². The number of halogens is 1. The summed E-state index contributed by atoms with van der Waals surface area (Å²) in [6, 6.07) is 6.70. The third kappa shape index (κ3) is 3.29. The lowest BCUT2D eigenvalue weighted by Crippen LogP contribution is -2.56. The number of carboxylic acid groups (broad SMARTS) is 1. The Bertz CT molecular complexity index is 748. The molecular weight excluding hydrogens is 363 g/mol.